The van der Waals surface area contributed by atoms with E-state index in [0.717, 1.165) is 24.3 Å². The molecule has 2 N–H and O–H groups in total. The number of nitrogens with one attached hydrogen (secondary N) is 2. The van der Waals surface area contributed by atoms with Crippen LogP contribution < -0.4 is 10.0 Å². The summed E-state index contributed by atoms with van der Waals surface area (Å²) < 4.78 is 28.3. The molecule has 1 spiro atoms. The summed E-state index contributed by atoms with van der Waals surface area (Å²) in [5, 5.41) is 3.73. The molecular formula is C13H19N3O3S2. The van der Waals surface area contributed by atoms with E-state index in [0.29, 0.717) is 18.5 Å². The van der Waals surface area contributed by atoms with Crippen LogP contribution >= 0.6 is 11.3 Å². The number of aryl methyl sites for hydroxylation is 2. The van der Waals surface area contributed by atoms with Crippen LogP contribution in [0.5, 0.6) is 0 Å². The Morgan fingerprint density at radius 2 is 2.10 bits per heavy atom. The first-order valence-electron chi connectivity index (χ1n) is 7.10. The second kappa shape index (κ2) is 5.03. The molecule has 2 heterocycles. The summed E-state index contributed by atoms with van der Waals surface area (Å²) in [4.78, 5) is 15.8. The van der Waals surface area contributed by atoms with E-state index in [-0.39, 0.29) is 21.7 Å². The summed E-state index contributed by atoms with van der Waals surface area (Å²) in [5.41, 5.74) is 0.156. The Labute approximate surface area is 128 Å². The van der Waals surface area contributed by atoms with Crippen LogP contribution in [0.15, 0.2) is 4.21 Å². The fourth-order valence-corrected chi connectivity index (χ4v) is 6.03. The summed E-state index contributed by atoms with van der Waals surface area (Å²) in [6.45, 7) is 3.50. The number of nitrogens with zero attached hydrogens (tertiary/aromatic N) is 1. The van der Waals surface area contributed by atoms with Crippen LogP contribution in [0.25, 0.3) is 0 Å². The molecule has 1 saturated carbocycles. The molecule has 116 valence electrons. The Hall–Kier alpha value is -0.990. The van der Waals surface area contributed by atoms with Crippen molar-refractivity contribution in [2.75, 3.05) is 0 Å². The molecule has 6 nitrogen and oxygen atoms in total. The molecule has 1 aliphatic heterocycles. The van der Waals surface area contributed by atoms with Crippen LogP contribution in [-0.4, -0.2) is 30.9 Å². The van der Waals surface area contributed by atoms with Crippen molar-refractivity contribution in [3.63, 3.8) is 0 Å². The quantitative estimate of drug-likeness (QED) is 0.873. The van der Waals surface area contributed by atoms with Crippen LogP contribution in [0, 0.1) is 13.8 Å². The number of hydrogen-bond donors (Lipinski definition) is 2. The van der Waals surface area contributed by atoms with Gasteiger partial charge in [0, 0.05) is 12.5 Å². The number of piperidine rings is 1. The van der Waals surface area contributed by atoms with Gasteiger partial charge in [-0.3, -0.25) is 4.79 Å². The summed E-state index contributed by atoms with van der Waals surface area (Å²) in [6.07, 6.45) is 3.63. The third kappa shape index (κ3) is 2.60. The molecule has 8 heteroatoms. The molecule has 2 aliphatic rings. The van der Waals surface area contributed by atoms with Crippen LogP contribution in [0.3, 0.4) is 0 Å². The first kappa shape index (κ1) is 14.9. The standard InChI is InChI=1S/C13H19N3O3S2/c1-8-12(20-9(2)14-8)21(18,19)16-10-4-5-11(17)15-13(10)6-3-7-13/h10,16H,3-7H2,1-2H3,(H,15,17)/t10-/m1/s1. The second-order valence-electron chi connectivity index (χ2n) is 5.88. The number of sulfonamides is 1. The Balaban J connectivity index is 1.85. The van der Waals surface area contributed by atoms with E-state index < -0.39 is 10.0 Å². The third-order valence-corrected chi connectivity index (χ3v) is 7.52. The zero-order valence-corrected chi connectivity index (χ0v) is 13.7. The molecule has 0 bridgehead atoms. The maximum Gasteiger partial charge on any atom is 0.252 e. The minimum atomic E-state index is -3.58. The number of carbonyl (C=O) groups is 1. The van der Waals surface area contributed by atoms with Crippen molar-refractivity contribution in [1.29, 1.82) is 0 Å². The van der Waals surface area contributed by atoms with Gasteiger partial charge in [0.2, 0.25) is 5.91 Å². The molecule has 3 rings (SSSR count). The minimum absolute atomic E-state index is 0.0231. The van der Waals surface area contributed by atoms with Crippen molar-refractivity contribution >= 4 is 27.3 Å². The van der Waals surface area contributed by atoms with Crippen molar-refractivity contribution < 1.29 is 13.2 Å². The summed E-state index contributed by atoms with van der Waals surface area (Å²) in [7, 11) is -3.58. The van der Waals surface area contributed by atoms with E-state index in [2.05, 4.69) is 15.0 Å². The summed E-state index contributed by atoms with van der Waals surface area (Å²) in [6, 6.07) is -0.226. The second-order valence-corrected chi connectivity index (χ2v) is 8.99. The van der Waals surface area contributed by atoms with Gasteiger partial charge in [0.15, 0.2) is 4.21 Å². The minimum Gasteiger partial charge on any atom is -0.349 e. The molecule has 1 aliphatic carbocycles. The molecular weight excluding hydrogens is 310 g/mol. The van der Waals surface area contributed by atoms with Gasteiger partial charge in [-0.15, -0.1) is 11.3 Å². The SMILES string of the molecule is Cc1nc(C)c(S(=O)(=O)N[C@@H]2CCC(=O)NC23CCC3)s1. The van der Waals surface area contributed by atoms with Gasteiger partial charge in [0.1, 0.15) is 0 Å². The number of carbonyl (C=O) groups excluding carboxylic acids is 1. The van der Waals surface area contributed by atoms with Gasteiger partial charge in [-0.25, -0.2) is 18.1 Å². The van der Waals surface area contributed by atoms with Crippen molar-refractivity contribution in [2.24, 2.45) is 0 Å². The molecule has 21 heavy (non-hydrogen) atoms. The van der Waals surface area contributed by atoms with E-state index in [9.17, 15) is 13.2 Å². The lowest BCUT2D eigenvalue weighted by Gasteiger charge is -2.50. The topological polar surface area (TPSA) is 88.2 Å². The van der Waals surface area contributed by atoms with Crippen LogP contribution in [0.1, 0.15) is 42.8 Å². The van der Waals surface area contributed by atoms with Gasteiger partial charge in [0.25, 0.3) is 10.0 Å². The summed E-state index contributed by atoms with van der Waals surface area (Å²) >= 11 is 1.19. The number of rotatable bonds is 3. The average Bonchev–Trinajstić information content (AvgIpc) is 2.69. The van der Waals surface area contributed by atoms with Gasteiger partial charge in [-0.2, -0.15) is 0 Å². The van der Waals surface area contributed by atoms with Crippen LogP contribution in [0.4, 0.5) is 0 Å². The van der Waals surface area contributed by atoms with Crippen molar-refractivity contribution in [2.45, 2.75) is 61.7 Å². The molecule has 0 radical (unpaired) electrons. The highest BCUT2D eigenvalue weighted by Crippen LogP contribution is 2.39. The monoisotopic (exact) mass is 329 g/mol. The highest BCUT2D eigenvalue weighted by molar-refractivity contribution is 7.91. The largest absolute Gasteiger partial charge is 0.349 e. The predicted octanol–water partition coefficient (Wildman–Crippen LogP) is 1.24. The van der Waals surface area contributed by atoms with Gasteiger partial charge in [0.05, 0.1) is 16.2 Å². The van der Waals surface area contributed by atoms with Gasteiger partial charge >= 0.3 is 0 Å². The lowest BCUT2D eigenvalue weighted by molar-refractivity contribution is -0.127. The lowest BCUT2D eigenvalue weighted by atomic mass is 9.68. The Morgan fingerprint density at radius 3 is 2.62 bits per heavy atom. The number of thiazole rings is 1. The molecule has 1 atom stereocenters. The first-order chi connectivity index (χ1) is 9.82. The zero-order chi connectivity index (χ0) is 15.3. The lowest BCUT2D eigenvalue weighted by Crippen LogP contribution is -2.68. The van der Waals surface area contributed by atoms with E-state index >= 15 is 0 Å². The molecule has 1 aromatic heterocycles. The van der Waals surface area contributed by atoms with Crippen LogP contribution in [-0.2, 0) is 14.8 Å². The van der Waals surface area contributed by atoms with E-state index in [1.165, 1.54) is 11.3 Å². The van der Waals surface area contributed by atoms with Gasteiger partial charge in [-0.05, 0) is 39.5 Å². The van der Waals surface area contributed by atoms with Crippen molar-refractivity contribution in [1.82, 2.24) is 15.0 Å². The van der Waals surface area contributed by atoms with Gasteiger partial charge in [-0.1, -0.05) is 0 Å². The highest BCUT2D eigenvalue weighted by Gasteiger charge is 2.49. The maximum atomic E-state index is 12.6. The first-order valence-corrected chi connectivity index (χ1v) is 9.40. The van der Waals surface area contributed by atoms with Crippen LogP contribution in [0.2, 0.25) is 0 Å². The number of aromatic nitrogens is 1. The molecule has 0 aromatic carbocycles. The number of amides is 1. The maximum absolute atomic E-state index is 12.6. The van der Waals surface area contributed by atoms with Crippen molar-refractivity contribution in [3.05, 3.63) is 10.7 Å². The fourth-order valence-electron chi connectivity index (χ4n) is 3.18. The van der Waals surface area contributed by atoms with Gasteiger partial charge < -0.3 is 5.32 Å². The van der Waals surface area contributed by atoms with E-state index in [1.807, 2.05) is 0 Å². The van der Waals surface area contributed by atoms with Crippen molar-refractivity contribution in [3.8, 4) is 0 Å². The molecule has 1 aromatic rings. The Bertz CT molecular complexity index is 677. The summed E-state index contributed by atoms with van der Waals surface area (Å²) in [5.74, 6) is 0.0231. The smallest absolute Gasteiger partial charge is 0.252 e. The molecule has 0 unspecified atom stereocenters. The highest BCUT2D eigenvalue weighted by atomic mass is 32.2. The Kier molecular flexibility index (Phi) is 3.58. The average molecular weight is 329 g/mol. The van der Waals surface area contributed by atoms with E-state index in [4.69, 9.17) is 0 Å². The molecule has 1 saturated heterocycles. The molecule has 1 amide bonds. The van der Waals surface area contributed by atoms with E-state index in [1.54, 1.807) is 13.8 Å². The molecule has 2 fully saturated rings. The third-order valence-electron chi connectivity index (χ3n) is 4.36. The zero-order valence-electron chi connectivity index (χ0n) is 12.1. The Morgan fingerprint density at radius 1 is 1.38 bits per heavy atom. The fraction of sp³-hybridized carbons (Fsp3) is 0.692. The predicted molar refractivity (Wildman–Crippen MR) is 79.7 cm³/mol. The normalized spacial score (nSPS) is 24.7. The number of hydrogen-bond acceptors (Lipinski definition) is 5.